The van der Waals surface area contributed by atoms with E-state index in [0.29, 0.717) is 9.37 Å². The van der Waals surface area contributed by atoms with Gasteiger partial charge in [-0.15, -0.1) is 21.5 Å². The molecule has 2 heterocycles. The molecule has 0 aromatic carbocycles. The van der Waals surface area contributed by atoms with E-state index in [-0.39, 0.29) is 10.6 Å². The summed E-state index contributed by atoms with van der Waals surface area (Å²) in [5.74, 6) is 0.867. The van der Waals surface area contributed by atoms with Crippen molar-refractivity contribution in [2.75, 3.05) is 0 Å². The van der Waals surface area contributed by atoms with Crippen molar-refractivity contribution in [2.24, 2.45) is 7.05 Å². The molecular weight excluding hydrogens is 260 g/mol. The van der Waals surface area contributed by atoms with Crippen molar-refractivity contribution in [1.82, 2.24) is 14.8 Å². The minimum Gasteiger partial charge on any atom is -0.309 e. The predicted octanol–water partition coefficient (Wildman–Crippen LogP) is 2.50. The molecule has 0 saturated heterocycles. The van der Waals surface area contributed by atoms with Crippen molar-refractivity contribution in [3.8, 4) is 0 Å². The van der Waals surface area contributed by atoms with Crippen LogP contribution in [-0.4, -0.2) is 19.7 Å². The second-order valence-electron chi connectivity index (χ2n) is 3.26. The summed E-state index contributed by atoms with van der Waals surface area (Å²) in [7, 11) is 1.86. The van der Waals surface area contributed by atoms with Gasteiger partial charge in [-0.1, -0.05) is 6.92 Å². The summed E-state index contributed by atoms with van der Waals surface area (Å²) in [6.07, 6.45) is 0.788. The molecule has 0 atom stereocenters. The number of hydrogen-bond acceptors (Lipinski definition) is 6. The van der Waals surface area contributed by atoms with Gasteiger partial charge in [0.1, 0.15) is 10.0 Å². The average Bonchev–Trinajstić information content (AvgIpc) is 2.88. The van der Waals surface area contributed by atoms with E-state index in [0.717, 1.165) is 12.2 Å². The van der Waals surface area contributed by atoms with Crippen LogP contribution in [0.5, 0.6) is 0 Å². The largest absolute Gasteiger partial charge is 0.309 e. The Balaban J connectivity index is 2.28. The van der Waals surface area contributed by atoms with E-state index >= 15 is 0 Å². The Morgan fingerprint density at radius 2 is 2.35 bits per heavy atom. The van der Waals surface area contributed by atoms with Gasteiger partial charge in [0.05, 0.1) is 4.92 Å². The van der Waals surface area contributed by atoms with E-state index in [2.05, 4.69) is 10.2 Å². The van der Waals surface area contributed by atoms with Crippen molar-refractivity contribution < 1.29 is 4.92 Å². The van der Waals surface area contributed by atoms with Crippen LogP contribution in [0, 0.1) is 10.1 Å². The molecule has 0 spiro atoms. The van der Waals surface area contributed by atoms with Crippen molar-refractivity contribution in [3.05, 3.63) is 27.4 Å². The van der Waals surface area contributed by atoms with Gasteiger partial charge < -0.3 is 4.57 Å². The summed E-state index contributed by atoms with van der Waals surface area (Å²) in [5.41, 5.74) is 0.126. The van der Waals surface area contributed by atoms with Crippen LogP contribution in [-0.2, 0) is 13.5 Å². The Kier molecular flexibility index (Phi) is 3.43. The second-order valence-corrected chi connectivity index (χ2v) is 5.42. The molecule has 8 heteroatoms. The lowest BCUT2D eigenvalue weighted by atomic mass is 10.5. The number of hydrogen-bond donors (Lipinski definition) is 0. The summed E-state index contributed by atoms with van der Waals surface area (Å²) in [5, 5.41) is 21.2. The van der Waals surface area contributed by atoms with Gasteiger partial charge in [-0.2, -0.15) is 0 Å². The van der Waals surface area contributed by atoms with Crippen molar-refractivity contribution >= 4 is 28.8 Å². The Morgan fingerprint density at radius 3 is 2.94 bits per heavy atom. The monoisotopic (exact) mass is 270 g/mol. The highest BCUT2D eigenvalue weighted by Crippen LogP contribution is 2.38. The van der Waals surface area contributed by atoms with Crippen LogP contribution < -0.4 is 0 Å². The van der Waals surface area contributed by atoms with E-state index in [1.807, 2.05) is 18.5 Å². The number of rotatable bonds is 4. The lowest BCUT2D eigenvalue weighted by Gasteiger charge is -2.00. The molecular formula is C9H10N4O2S2. The molecule has 6 nitrogen and oxygen atoms in total. The minimum absolute atomic E-state index is 0.126. The van der Waals surface area contributed by atoms with Crippen LogP contribution >= 0.6 is 23.1 Å². The number of thiophene rings is 1. The maximum absolute atomic E-state index is 10.8. The van der Waals surface area contributed by atoms with Crippen LogP contribution in [0.25, 0.3) is 0 Å². The van der Waals surface area contributed by atoms with Crippen LogP contribution in [0.1, 0.15) is 12.7 Å². The molecule has 0 aliphatic carbocycles. The summed E-state index contributed by atoms with van der Waals surface area (Å²) < 4.78 is 2.49. The quantitative estimate of drug-likeness (QED) is 0.630. The van der Waals surface area contributed by atoms with E-state index < -0.39 is 0 Å². The van der Waals surface area contributed by atoms with Crippen molar-refractivity contribution in [1.29, 1.82) is 0 Å². The minimum atomic E-state index is -0.379. The van der Waals surface area contributed by atoms with E-state index in [9.17, 15) is 10.1 Å². The summed E-state index contributed by atoms with van der Waals surface area (Å²) >= 11 is 2.62. The normalized spacial score (nSPS) is 10.7. The molecule has 0 N–H and O–H groups in total. The Bertz CT molecular complexity index is 549. The van der Waals surface area contributed by atoms with Gasteiger partial charge in [-0.3, -0.25) is 10.1 Å². The molecule has 0 amide bonds. The van der Waals surface area contributed by atoms with Gasteiger partial charge in [0.25, 0.3) is 5.69 Å². The Morgan fingerprint density at radius 1 is 1.59 bits per heavy atom. The fourth-order valence-electron chi connectivity index (χ4n) is 1.33. The van der Waals surface area contributed by atoms with Gasteiger partial charge in [0.2, 0.25) is 0 Å². The first-order valence-electron chi connectivity index (χ1n) is 4.91. The van der Waals surface area contributed by atoms with Crippen molar-refractivity contribution in [3.63, 3.8) is 0 Å². The highest BCUT2D eigenvalue weighted by molar-refractivity contribution is 8.01. The molecule has 0 bridgehead atoms. The maximum Gasteiger partial charge on any atom is 0.294 e. The lowest BCUT2D eigenvalue weighted by molar-refractivity contribution is -0.387. The SMILES string of the molecule is CCc1nnc(Sc2sccc2[N+](=O)[O-])n1C. The molecule has 0 aliphatic rings. The summed E-state index contributed by atoms with van der Waals surface area (Å²) in [6, 6.07) is 1.50. The third-order valence-corrected chi connectivity index (χ3v) is 4.40. The molecule has 2 rings (SSSR count). The first-order chi connectivity index (χ1) is 8.13. The smallest absolute Gasteiger partial charge is 0.294 e. The second kappa shape index (κ2) is 4.84. The molecule has 0 radical (unpaired) electrons. The first kappa shape index (κ1) is 12.1. The predicted molar refractivity (Wildman–Crippen MR) is 65.5 cm³/mol. The van der Waals surface area contributed by atoms with Gasteiger partial charge in [-0.05, 0) is 17.1 Å². The third-order valence-electron chi connectivity index (χ3n) is 2.23. The van der Waals surface area contributed by atoms with E-state index in [4.69, 9.17) is 0 Å². The number of nitrogens with zero attached hydrogens (tertiary/aromatic N) is 4. The fourth-order valence-corrected chi connectivity index (χ4v) is 3.23. The molecule has 0 saturated carbocycles. The standard InChI is InChI=1S/C9H10N4O2S2/c1-3-7-10-11-9(12(7)2)17-8-6(13(14)15)4-5-16-8/h4-5H,3H2,1-2H3. The van der Waals surface area contributed by atoms with Gasteiger partial charge in [-0.25, -0.2) is 0 Å². The van der Waals surface area contributed by atoms with Gasteiger partial charge in [0.15, 0.2) is 5.16 Å². The highest BCUT2D eigenvalue weighted by Gasteiger charge is 2.19. The lowest BCUT2D eigenvalue weighted by Crippen LogP contribution is -1.97. The number of nitro groups is 1. The maximum atomic E-state index is 10.8. The molecule has 2 aromatic heterocycles. The average molecular weight is 270 g/mol. The molecule has 90 valence electrons. The topological polar surface area (TPSA) is 73.8 Å². The number of aryl methyl sites for hydroxylation is 1. The highest BCUT2D eigenvalue weighted by atomic mass is 32.2. The zero-order valence-electron chi connectivity index (χ0n) is 9.28. The molecule has 2 aromatic rings. The summed E-state index contributed by atoms with van der Waals surface area (Å²) in [4.78, 5) is 10.4. The van der Waals surface area contributed by atoms with Crippen LogP contribution in [0.2, 0.25) is 0 Å². The molecule has 17 heavy (non-hydrogen) atoms. The van der Waals surface area contributed by atoms with Crippen LogP contribution in [0.3, 0.4) is 0 Å². The fraction of sp³-hybridized carbons (Fsp3) is 0.333. The zero-order chi connectivity index (χ0) is 12.4. The van der Waals surface area contributed by atoms with Gasteiger partial charge in [0, 0.05) is 19.5 Å². The number of aromatic nitrogens is 3. The molecule has 0 aliphatic heterocycles. The van der Waals surface area contributed by atoms with E-state index in [1.165, 1.54) is 29.2 Å². The van der Waals surface area contributed by atoms with Gasteiger partial charge >= 0.3 is 0 Å². The Labute approximate surface area is 106 Å². The Hall–Kier alpha value is -1.41. The summed E-state index contributed by atoms with van der Waals surface area (Å²) in [6.45, 7) is 1.99. The van der Waals surface area contributed by atoms with Crippen molar-refractivity contribution in [2.45, 2.75) is 22.7 Å². The van der Waals surface area contributed by atoms with E-state index in [1.54, 1.807) is 5.38 Å². The zero-order valence-corrected chi connectivity index (χ0v) is 10.9. The first-order valence-corrected chi connectivity index (χ1v) is 6.61. The third kappa shape index (κ3) is 2.32. The van der Waals surface area contributed by atoms with Crippen LogP contribution in [0.4, 0.5) is 5.69 Å². The molecule has 0 unspecified atom stereocenters. The van der Waals surface area contributed by atoms with Crippen LogP contribution in [0.15, 0.2) is 20.8 Å². The molecule has 0 fully saturated rings.